The Morgan fingerprint density at radius 3 is 0.833 bits per heavy atom. The first-order chi connectivity index (χ1) is 6.54. The van der Waals surface area contributed by atoms with Crippen molar-refractivity contribution in [3.8, 4) is 0 Å². The smallest absolute Gasteiger partial charge is 0 e. The van der Waals surface area contributed by atoms with Crippen LogP contribution in [0.3, 0.4) is 0 Å². The van der Waals surface area contributed by atoms with Gasteiger partial charge in [-0.1, -0.05) is 41.5 Å². The van der Waals surface area contributed by atoms with E-state index in [1.807, 2.05) is 0 Å². The molecular weight excluding hydrogens is 370 g/mol. The van der Waals surface area contributed by atoms with Crippen molar-refractivity contribution in [3.05, 3.63) is 61.1 Å². The van der Waals surface area contributed by atoms with Crippen LogP contribution < -0.4 is 0 Å². The van der Waals surface area contributed by atoms with Gasteiger partial charge in [-0.05, 0) is 0 Å². The van der Waals surface area contributed by atoms with Gasteiger partial charge in [0.1, 0.15) is 0 Å². The van der Waals surface area contributed by atoms with Crippen molar-refractivity contribution >= 4 is 0 Å². The SMILES string of the molecule is C[CH-]c1c(C)c(C)c([CH-]C)c(C)c1C.[CH3-].[CH3-].[Y].[Y]. The molecule has 1 rings (SSSR count). The number of hydrogen-bond acceptors (Lipinski definition) is 0. The monoisotopic (exact) mass is 396 g/mol. The van der Waals surface area contributed by atoms with Gasteiger partial charge in [-0.2, -0.15) is 12.8 Å². The van der Waals surface area contributed by atoms with Crippen molar-refractivity contribution in [3.63, 3.8) is 0 Å². The Morgan fingerprint density at radius 2 is 0.722 bits per heavy atom. The van der Waals surface area contributed by atoms with Crippen LogP contribution in [0.2, 0.25) is 0 Å². The van der Waals surface area contributed by atoms with E-state index in [-0.39, 0.29) is 80.3 Å². The van der Waals surface area contributed by atoms with Crippen molar-refractivity contribution in [1.29, 1.82) is 0 Å². The Balaban J connectivity index is -0.000000245. The molecule has 0 aliphatic carbocycles. The Kier molecular flexibility index (Phi) is 18.3. The maximum atomic E-state index is 2.21. The average Bonchev–Trinajstić information content (AvgIpc) is 2.17. The first-order valence-corrected chi connectivity index (χ1v) is 5.23. The standard InChI is InChI=1S/C14H20.2CH3.2Y/c1-7-13-9(3)11(5)14(8-2)12(6)10(13)4;;;;/h7-8H,1-6H3;2*1H3;;/q-2;2*-1;;. The van der Waals surface area contributed by atoms with Crippen LogP contribution in [0.5, 0.6) is 0 Å². The van der Waals surface area contributed by atoms with Crippen molar-refractivity contribution < 1.29 is 65.4 Å². The normalized spacial score (nSPS) is 7.89. The zero-order valence-electron chi connectivity index (χ0n) is 13.3. The molecular formula is C16H26Y2-4. The maximum Gasteiger partial charge on any atom is 0 e. The Hall–Kier alpha value is 1.17. The summed E-state index contributed by atoms with van der Waals surface area (Å²) in [5.74, 6) is 0. The van der Waals surface area contributed by atoms with Crippen LogP contribution in [0.4, 0.5) is 0 Å². The van der Waals surface area contributed by atoms with Gasteiger partial charge in [0, 0.05) is 65.4 Å². The first kappa shape index (κ1) is 27.5. The summed E-state index contributed by atoms with van der Waals surface area (Å²) in [7, 11) is 0. The Bertz CT molecular complexity index is 291. The van der Waals surface area contributed by atoms with E-state index in [4.69, 9.17) is 0 Å². The van der Waals surface area contributed by atoms with Crippen molar-refractivity contribution in [1.82, 2.24) is 0 Å². The molecule has 0 saturated heterocycles. The van der Waals surface area contributed by atoms with E-state index >= 15 is 0 Å². The molecule has 0 spiro atoms. The van der Waals surface area contributed by atoms with Crippen molar-refractivity contribution in [2.24, 2.45) is 0 Å². The number of benzene rings is 1. The van der Waals surface area contributed by atoms with E-state index in [2.05, 4.69) is 54.4 Å². The zero-order valence-corrected chi connectivity index (χ0v) is 19.0. The average molecular weight is 396 g/mol. The fraction of sp³-hybridized carbons (Fsp3) is 0.375. The van der Waals surface area contributed by atoms with Crippen LogP contribution in [0.25, 0.3) is 0 Å². The van der Waals surface area contributed by atoms with Crippen molar-refractivity contribution in [2.75, 3.05) is 0 Å². The zero-order chi connectivity index (χ0) is 10.9. The third-order valence-electron chi connectivity index (χ3n) is 3.32. The van der Waals surface area contributed by atoms with Crippen LogP contribution in [0.15, 0.2) is 0 Å². The topological polar surface area (TPSA) is 0 Å². The van der Waals surface area contributed by atoms with Gasteiger partial charge in [0.25, 0.3) is 0 Å². The molecule has 0 aliphatic heterocycles. The van der Waals surface area contributed by atoms with Gasteiger partial charge in [0.05, 0.1) is 0 Å². The van der Waals surface area contributed by atoms with Gasteiger partial charge in [0.2, 0.25) is 0 Å². The minimum absolute atomic E-state index is 0. The summed E-state index contributed by atoms with van der Waals surface area (Å²) in [5, 5.41) is 0. The van der Waals surface area contributed by atoms with Gasteiger partial charge < -0.3 is 14.9 Å². The van der Waals surface area contributed by atoms with Crippen LogP contribution in [0.1, 0.15) is 47.2 Å². The predicted molar refractivity (Wildman–Crippen MR) is 76.4 cm³/mol. The second kappa shape index (κ2) is 12.0. The fourth-order valence-corrected chi connectivity index (χ4v) is 2.24. The van der Waals surface area contributed by atoms with E-state index in [9.17, 15) is 0 Å². The number of hydrogen-bond donors (Lipinski definition) is 0. The molecule has 2 heteroatoms. The van der Waals surface area contributed by atoms with Crippen LogP contribution in [-0.2, 0) is 65.4 Å². The summed E-state index contributed by atoms with van der Waals surface area (Å²) in [6.07, 6.45) is 4.42. The summed E-state index contributed by atoms with van der Waals surface area (Å²) in [4.78, 5) is 0. The molecule has 18 heavy (non-hydrogen) atoms. The van der Waals surface area contributed by atoms with Crippen molar-refractivity contribution in [2.45, 2.75) is 41.5 Å². The molecule has 2 radical (unpaired) electrons. The molecule has 0 saturated carbocycles. The second-order valence-electron chi connectivity index (χ2n) is 3.90. The van der Waals surface area contributed by atoms with E-state index in [0.29, 0.717) is 0 Å². The molecule has 1 aromatic rings. The summed E-state index contributed by atoms with van der Waals surface area (Å²) in [5.41, 5.74) is 8.50. The van der Waals surface area contributed by atoms with Gasteiger partial charge in [-0.15, -0.1) is 0 Å². The minimum atomic E-state index is 0. The molecule has 100 valence electrons. The molecule has 0 amide bonds. The molecule has 0 aliphatic rings. The molecule has 0 atom stereocenters. The summed E-state index contributed by atoms with van der Waals surface area (Å²) >= 11 is 0. The number of rotatable bonds is 2. The predicted octanol–water partition coefficient (Wildman–Crippen LogP) is 4.96. The molecule has 1 aromatic carbocycles. The Labute approximate surface area is 166 Å². The third-order valence-corrected chi connectivity index (χ3v) is 3.32. The van der Waals surface area contributed by atoms with Gasteiger partial charge in [-0.25, -0.2) is 33.4 Å². The molecule has 0 nitrogen and oxygen atoms in total. The Morgan fingerprint density at radius 1 is 0.556 bits per heavy atom. The van der Waals surface area contributed by atoms with Gasteiger partial charge >= 0.3 is 0 Å². The molecule has 0 aromatic heterocycles. The quantitative estimate of drug-likeness (QED) is 0.620. The largest absolute Gasteiger partial charge is 0.358 e. The summed E-state index contributed by atoms with van der Waals surface area (Å²) < 4.78 is 0. The summed E-state index contributed by atoms with van der Waals surface area (Å²) in [6.45, 7) is 13.1. The van der Waals surface area contributed by atoms with Crippen LogP contribution in [0, 0.1) is 55.4 Å². The molecule has 0 unspecified atom stereocenters. The van der Waals surface area contributed by atoms with Crippen LogP contribution in [-0.4, -0.2) is 0 Å². The minimum Gasteiger partial charge on any atom is -0.358 e. The van der Waals surface area contributed by atoms with Gasteiger partial charge in [-0.3, -0.25) is 0 Å². The van der Waals surface area contributed by atoms with E-state index in [1.54, 1.807) is 0 Å². The molecule has 0 bridgehead atoms. The van der Waals surface area contributed by atoms with E-state index in [0.717, 1.165) is 0 Å². The van der Waals surface area contributed by atoms with E-state index < -0.39 is 0 Å². The van der Waals surface area contributed by atoms with Crippen LogP contribution >= 0.6 is 0 Å². The molecule has 0 heterocycles. The summed E-state index contributed by atoms with van der Waals surface area (Å²) in [6, 6.07) is 0. The molecule has 0 fully saturated rings. The maximum absolute atomic E-state index is 2.21. The second-order valence-corrected chi connectivity index (χ2v) is 3.90. The molecule has 0 N–H and O–H groups in total. The fourth-order valence-electron chi connectivity index (χ4n) is 2.24. The first-order valence-electron chi connectivity index (χ1n) is 5.23. The van der Waals surface area contributed by atoms with E-state index in [1.165, 1.54) is 33.4 Å². The van der Waals surface area contributed by atoms with Gasteiger partial charge in [0.15, 0.2) is 0 Å². The third kappa shape index (κ3) is 5.27.